The summed E-state index contributed by atoms with van der Waals surface area (Å²) < 4.78 is 7.44. The number of imidazole rings is 1. The van der Waals surface area contributed by atoms with E-state index in [1.807, 2.05) is 36.1 Å². The highest BCUT2D eigenvalue weighted by Crippen LogP contribution is 2.31. The van der Waals surface area contributed by atoms with Crippen molar-refractivity contribution >= 4 is 22.8 Å². The van der Waals surface area contributed by atoms with Crippen LogP contribution in [0.2, 0.25) is 0 Å². The molecule has 2 amide bonds. The van der Waals surface area contributed by atoms with E-state index in [1.54, 1.807) is 0 Å². The van der Waals surface area contributed by atoms with Gasteiger partial charge in [0, 0.05) is 31.3 Å². The van der Waals surface area contributed by atoms with Gasteiger partial charge in [-0.3, -0.25) is 0 Å². The molecule has 0 radical (unpaired) electrons. The first kappa shape index (κ1) is 18.5. The molecule has 148 valence electrons. The summed E-state index contributed by atoms with van der Waals surface area (Å²) in [7, 11) is 0. The van der Waals surface area contributed by atoms with Gasteiger partial charge in [0.1, 0.15) is 17.3 Å². The molecule has 1 aliphatic rings. The average molecular weight is 381 g/mol. The van der Waals surface area contributed by atoms with Crippen LogP contribution in [0.1, 0.15) is 56.4 Å². The highest BCUT2D eigenvalue weighted by atomic mass is 16.5. The number of likely N-dealkylation sites (tertiary alicyclic amines) is 1. The first-order chi connectivity index (χ1) is 13.6. The number of nitrogens with one attached hydrogen (secondary N) is 1. The second kappa shape index (κ2) is 7.66. The molecule has 7 nitrogen and oxygen atoms in total. The molecule has 1 N–H and O–H groups in total. The largest absolute Gasteiger partial charge is 0.361 e. The second-order valence-corrected chi connectivity index (χ2v) is 7.33. The number of anilines is 1. The zero-order chi connectivity index (χ0) is 19.7. The third kappa shape index (κ3) is 3.37. The predicted octanol–water partition coefficient (Wildman–Crippen LogP) is 4.67. The van der Waals surface area contributed by atoms with Gasteiger partial charge in [-0.1, -0.05) is 12.1 Å². The molecule has 0 spiro atoms. The second-order valence-electron chi connectivity index (χ2n) is 7.33. The molecular weight excluding hydrogens is 354 g/mol. The fraction of sp³-hybridized carbons (Fsp3) is 0.476. The van der Waals surface area contributed by atoms with Gasteiger partial charge in [0.25, 0.3) is 0 Å². The number of nitrogens with zero attached hydrogens (tertiary/aromatic N) is 4. The van der Waals surface area contributed by atoms with Crippen molar-refractivity contribution in [2.45, 2.75) is 59.0 Å². The minimum absolute atomic E-state index is 0.0408. The molecule has 4 rings (SSSR count). The third-order valence-electron chi connectivity index (χ3n) is 5.46. The number of carbonyl (C=O) groups excluding carboxylic acids is 1. The Balaban J connectivity index is 1.56. The SMILES string of the molecule is CCc1nc2cc(NC(=O)N3CCCC[C@H]3c3cc(C)on3)ccc2n1CC. The van der Waals surface area contributed by atoms with Crippen LogP contribution >= 0.6 is 0 Å². The number of rotatable bonds is 4. The lowest BCUT2D eigenvalue weighted by atomic mass is 9.99. The van der Waals surface area contributed by atoms with Gasteiger partial charge >= 0.3 is 6.03 Å². The Morgan fingerprint density at radius 3 is 2.86 bits per heavy atom. The van der Waals surface area contributed by atoms with Crippen LogP contribution in [0.5, 0.6) is 0 Å². The monoisotopic (exact) mass is 381 g/mol. The van der Waals surface area contributed by atoms with E-state index in [0.29, 0.717) is 0 Å². The molecule has 28 heavy (non-hydrogen) atoms. The lowest BCUT2D eigenvalue weighted by Gasteiger charge is -2.34. The molecule has 0 saturated carbocycles. The molecule has 7 heteroatoms. The maximum atomic E-state index is 13.0. The van der Waals surface area contributed by atoms with Crippen molar-refractivity contribution in [1.29, 1.82) is 0 Å². The van der Waals surface area contributed by atoms with Crippen molar-refractivity contribution in [3.05, 3.63) is 41.5 Å². The van der Waals surface area contributed by atoms with Crippen LogP contribution in [-0.4, -0.2) is 32.2 Å². The first-order valence-electron chi connectivity index (χ1n) is 10.1. The van der Waals surface area contributed by atoms with Crippen LogP contribution in [0.15, 0.2) is 28.8 Å². The molecule has 1 saturated heterocycles. The van der Waals surface area contributed by atoms with Gasteiger partial charge in [-0.2, -0.15) is 0 Å². The summed E-state index contributed by atoms with van der Waals surface area (Å²) in [6.07, 6.45) is 3.87. The highest BCUT2D eigenvalue weighted by molar-refractivity contribution is 5.92. The third-order valence-corrected chi connectivity index (χ3v) is 5.46. The Bertz CT molecular complexity index is 990. The van der Waals surface area contributed by atoms with E-state index in [-0.39, 0.29) is 12.1 Å². The fourth-order valence-corrected chi connectivity index (χ4v) is 4.10. The molecule has 1 aliphatic heterocycles. The summed E-state index contributed by atoms with van der Waals surface area (Å²) >= 11 is 0. The summed E-state index contributed by atoms with van der Waals surface area (Å²) in [4.78, 5) is 19.6. The molecule has 2 aromatic heterocycles. The van der Waals surface area contributed by atoms with Gasteiger partial charge in [0.05, 0.1) is 17.1 Å². The number of fused-ring (bicyclic) bond motifs is 1. The van der Waals surface area contributed by atoms with Crippen molar-refractivity contribution in [3.63, 3.8) is 0 Å². The maximum absolute atomic E-state index is 13.0. The molecule has 0 aliphatic carbocycles. The molecule has 3 aromatic rings. The number of hydrogen-bond acceptors (Lipinski definition) is 4. The van der Waals surface area contributed by atoms with E-state index in [1.165, 1.54) is 0 Å². The molecule has 0 unspecified atom stereocenters. The first-order valence-corrected chi connectivity index (χ1v) is 10.1. The Kier molecular flexibility index (Phi) is 5.07. The summed E-state index contributed by atoms with van der Waals surface area (Å²) in [6, 6.07) is 7.72. The van der Waals surface area contributed by atoms with Crippen LogP contribution in [0.3, 0.4) is 0 Å². The lowest BCUT2D eigenvalue weighted by Crippen LogP contribution is -2.41. The van der Waals surface area contributed by atoms with Crippen LogP contribution in [0.25, 0.3) is 11.0 Å². The van der Waals surface area contributed by atoms with Crippen LogP contribution < -0.4 is 5.32 Å². The Hall–Kier alpha value is -2.83. The fourth-order valence-electron chi connectivity index (χ4n) is 4.10. The van der Waals surface area contributed by atoms with Gasteiger partial charge in [-0.25, -0.2) is 9.78 Å². The van der Waals surface area contributed by atoms with Gasteiger partial charge in [-0.15, -0.1) is 0 Å². The highest BCUT2D eigenvalue weighted by Gasteiger charge is 2.30. The van der Waals surface area contributed by atoms with Crippen molar-refractivity contribution in [2.24, 2.45) is 0 Å². The zero-order valence-corrected chi connectivity index (χ0v) is 16.7. The Morgan fingerprint density at radius 1 is 1.29 bits per heavy atom. The molecule has 3 heterocycles. The number of hydrogen-bond donors (Lipinski definition) is 1. The van der Waals surface area contributed by atoms with Crippen molar-refractivity contribution in [2.75, 3.05) is 11.9 Å². The van der Waals surface area contributed by atoms with Gasteiger partial charge < -0.3 is 19.3 Å². The molecule has 1 fully saturated rings. The van der Waals surface area contributed by atoms with E-state index in [4.69, 9.17) is 9.51 Å². The van der Waals surface area contributed by atoms with E-state index in [9.17, 15) is 4.79 Å². The summed E-state index contributed by atoms with van der Waals surface area (Å²) in [5.74, 6) is 1.84. The van der Waals surface area contributed by atoms with Crippen molar-refractivity contribution < 1.29 is 9.32 Å². The molecule has 0 bridgehead atoms. The topological polar surface area (TPSA) is 76.2 Å². The van der Waals surface area contributed by atoms with Crippen LogP contribution in [-0.2, 0) is 13.0 Å². The molecule has 1 atom stereocenters. The maximum Gasteiger partial charge on any atom is 0.322 e. The normalized spacial score (nSPS) is 17.2. The molecular formula is C21H27N5O2. The van der Waals surface area contributed by atoms with E-state index >= 15 is 0 Å². The number of amides is 2. The summed E-state index contributed by atoms with van der Waals surface area (Å²) in [6.45, 7) is 7.71. The van der Waals surface area contributed by atoms with E-state index in [0.717, 1.165) is 72.8 Å². The zero-order valence-electron chi connectivity index (χ0n) is 16.7. The number of piperidine rings is 1. The number of carbonyl (C=O) groups is 1. The van der Waals surface area contributed by atoms with Crippen LogP contribution in [0, 0.1) is 6.92 Å². The number of urea groups is 1. The predicted molar refractivity (Wildman–Crippen MR) is 108 cm³/mol. The van der Waals surface area contributed by atoms with Gasteiger partial charge in [0.2, 0.25) is 0 Å². The van der Waals surface area contributed by atoms with Crippen LogP contribution in [0.4, 0.5) is 10.5 Å². The quantitative estimate of drug-likeness (QED) is 0.712. The average Bonchev–Trinajstić information content (AvgIpc) is 3.30. The summed E-state index contributed by atoms with van der Waals surface area (Å²) in [5.41, 5.74) is 3.61. The standard InChI is InChI=1S/C21H27N5O2/c1-4-20-23-16-13-15(9-10-19(16)25(20)5-2)22-21(27)26-11-7-6-8-18(26)17-12-14(3)28-24-17/h9-10,12-13,18H,4-8,11H2,1-3H3,(H,22,27)/t18-/m0/s1. The van der Waals surface area contributed by atoms with E-state index < -0.39 is 0 Å². The van der Waals surface area contributed by atoms with E-state index in [2.05, 4.69) is 28.9 Å². The van der Waals surface area contributed by atoms with Gasteiger partial charge in [0.15, 0.2) is 0 Å². The Labute approximate surface area is 164 Å². The Morgan fingerprint density at radius 2 is 2.14 bits per heavy atom. The van der Waals surface area contributed by atoms with Crippen molar-refractivity contribution in [1.82, 2.24) is 19.6 Å². The molecule has 1 aromatic carbocycles. The summed E-state index contributed by atoms with van der Waals surface area (Å²) in [5, 5.41) is 7.20. The smallest absolute Gasteiger partial charge is 0.322 e. The number of aromatic nitrogens is 3. The van der Waals surface area contributed by atoms with Gasteiger partial charge in [-0.05, 0) is 51.3 Å². The number of aryl methyl sites for hydroxylation is 3. The minimum Gasteiger partial charge on any atom is -0.361 e. The number of benzene rings is 1. The lowest BCUT2D eigenvalue weighted by molar-refractivity contribution is 0.159. The van der Waals surface area contributed by atoms with Crippen molar-refractivity contribution in [3.8, 4) is 0 Å². The minimum atomic E-state index is -0.102.